The number of aryl methyl sites for hydroxylation is 1. The van der Waals surface area contributed by atoms with Crippen molar-refractivity contribution < 1.29 is 27.9 Å². The first-order chi connectivity index (χ1) is 16.8. The highest BCUT2D eigenvalue weighted by atomic mass is 19.3. The molecule has 1 aromatic heterocycles. The van der Waals surface area contributed by atoms with Crippen LogP contribution in [0.4, 0.5) is 14.7 Å². The second kappa shape index (κ2) is 11.3. The van der Waals surface area contributed by atoms with Crippen molar-refractivity contribution in [2.75, 3.05) is 37.7 Å². The van der Waals surface area contributed by atoms with Crippen molar-refractivity contribution in [1.82, 2.24) is 15.5 Å². The minimum atomic E-state index is -2.60. The molecule has 4 rings (SSSR count). The van der Waals surface area contributed by atoms with Crippen molar-refractivity contribution in [3.05, 3.63) is 35.2 Å². The van der Waals surface area contributed by atoms with Crippen LogP contribution in [0.5, 0.6) is 5.75 Å². The summed E-state index contributed by atoms with van der Waals surface area (Å²) in [6.45, 7) is 4.65. The Labute approximate surface area is 204 Å². The number of halogens is 2. The Morgan fingerprint density at radius 1 is 1.29 bits per heavy atom. The lowest BCUT2D eigenvalue weighted by atomic mass is 9.81. The summed E-state index contributed by atoms with van der Waals surface area (Å²) in [4.78, 5) is 18.6. The van der Waals surface area contributed by atoms with Crippen molar-refractivity contribution in [2.24, 2.45) is 5.92 Å². The Hall–Kier alpha value is -2.75. The van der Waals surface area contributed by atoms with Crippen LogP contribution in [0, 0.1) is 12.8 Å². The molecular weight excluding hydrogens is 458 g/mol. The van der Waals surface area contributed by atoms with Crippen LogP contribution in [0.2, 0.25) is 0 Å². The molecule has 2 aromatic rings. The molecule has 2 heterocycles. The number of ether oxygens (including phenoxy) is 1. The van der Waals surface area contributed by atoms with Gasteiger partial charge in [0.05, 0.1) is 6.61 Å². The van der Waals surface area contributed by atoms with Crippen LogP contribution < -0.4 is 15.0 Å². The third-order valence-corrected chi connectivity index (χ3v) is 6.86. The first-order valence-corrected chi connectivity index (χ1v) is 12.4. The van der Waals surface area contributed by atoms with Gasteiger partial charge in [-0.1, -0.05) is 0 Å². The number of piperidine rings is 1. The Balaban J connectivity index is 1.14. The molecule has 1 aliphatic heterocycles. The first-order valence-electron chi connectivity index (χ1n) is 12.4. The maximum Gasteiger partial charge on any atom is 0.266 e. The van der Waals surface area contributed by atoms with Crippen LogP contribution in [0.1, 0.15) is 72.7 Å². The normalized spacial score (nSPS) is 18.3. The zero-order valence-electron chi connectivity index (χ0n) is 20.1. The van der Waals surface area contributed by atoms with E-state index in [1.54, 1.807) is 6.07 Å². The van der Waals surface area contributed by atoms with Crippen LogP contribution in [-0.4, -0.2) is 59.9 Å². The minimum absolute atomic E-state index is 0.0525. The molecule has 2 fully saturated rings. The highest BCUT2D eigenvalue weighted by Crippen LogP contribution is 2.48. The molecule has 0 unspecified atom stereocenters. The third kappa shape index (κ3) is 6.68. The molecule has 0 spiro atoms. The number of aromatic nitrogens is 2. The average molecular weight is 493 g/mol. The van der Waals surface area contributed by atoms with Gasteiger partial charge >= 0.3 is 0 Å². The largest absolute Gasteiger partial charge is 0.494 e. The third-order valence-electron chi connectivity index (χ3n) is 6.86. The van der Waals surface area contributed by atoms with E-state index in [1.807, 2.05) is 19.1 Å². The van der Waals surface area contributed by atoms with Gasteiger partial charge in [-0.3, -0.25) is 4.79 Å². The highest BCUT2D eigenvalue weighted by Gasteiger charge is 2.48. The van der Waals surface area contributed by atoms with Crippen LogP contribution in [0.3, 0.4) is 0 Å². The predicted octanol–water partition coefficient (Wildman–Crippen LogP) is 4.08. The van der Waals surface area contributed by atoms with E-state index in [4.69, 9.17) is 14.4 Å². The van der Waals surface area contributed by atoms with E-state index in [0.29, 0.717) is 42.9 Å². The fraction of sp³-hybridized carbons (Fsp3) is 0.640. The summed E-state index contributed by atoms with van der Waals surface area (Å²) in [5.41, 5.74) is 1.47. The summed E-state index contributed by atoms with van der Waals surface area (Å²) in [7, 11) is 0. The molecule has 2 N–H and O–H groups in total. The van der Waals surface area contributed by atoms with Gasteiger partial charge in [0.15, 0.2) is 0 Å². The Bertz CT molecular complexity index is 984. The van der Waals surface area contributed by atoms with Gasteiger partial charge < -0.3 is 24.6 Å². The summed E-state index contributed by atoms with van der Waals surface area (Å²) in [6, 6.07) is 5.47. The number of aliphatic hydroxyl groups excluding tert-OH is 1. The molecule has 192 valence electrons. The number of amides is 1. The summed E-state index contributed by atoms with van der Waals surface area (Å²) in [5, 5.41) is 15.6. The van der Waals surface area contributed by atoms with Gasteiger partial charge in [-0.25, -0.2) is 8.78 Å². The lowest BCUT2D eigenvalue weighted by Gasteiger charge is -2.32. The van der Waals surface area contributed by atoms with Gasteiger partial charge in [-0.15, -0.1) is 0 Å². The molecule has 1 amide bonds. The van der Waals surface area contributed by atoms with Crippen molar-refractivity contribution >= 4 is 11.9 Å². The predicted molar refractivity (Wildman–Crippen MR) is 126 cm³/mol. The number of nitrogens with one attached hydrogen (secondary N) is 1. The van der Waals surface area contributed by atoms with Gasteiger partial charge in [0.2, 0.25) is 11.8 Å². The fourth-order valence-electron chi connectivity index (χ4n) is 4.70. The van der Waals surface area contributed by atoms with Crippen molar-refractivity contribution in [1.29, 1.82) is 0 Å². The minimum Gasteiger partial charge on any atom is -0.494 e. The number of hydrogen-bond acceptors (Lipinski definition) is 7. The molecule has 1 aliphatic carbocycles. The van der Waals surface area contributed by atoms with E-state index in [1.165, 1.54) is 0 Å². The molecular formula is C25H34F2N4O4. The molecule has 1 aromatic carbocycles. The molecule has 0 bridgehead atoms. The van der Waals surface area contributed by atoms with E-state index in [2.05, 4.69) is 20.4 Å². The van der Waals surface area contributed by atoms with E-state index >= 15 is 0 Å². The second-order valence-electron chi connectivity index (χ2n) is 9.62. The summed E-state index contributed by atoms with van der Waals surface area (Å²) < 4.78 is 37.3. The number of aliphatic hydroxyl groups is 1. The quantitative estimate of drug-likeness (QED) is 0.456. The standard InChI is InChI=1S/C25H34F2N4O4/c1-17-14-20(5-6-21(17)22(33)28-9-3-12-32)34-13-2-4-18-7-10-31(11-8-18)24-29-23(35-30-24)19-15-25(26,27)16-19/h5-6,14,18-19,32H,2-4,7-13,15-16H2,1H3,(H,28,33). The lowest BCUT2D eigenvalue weighted by Crippen LogP contribution is -2.35. The van der Waals surface area contributed by atoms with E-state index in [-0.39, 0.29) is 31.3 Å². The Kier molecular flexibility index (Phi) is 8.20. The number of carbonyl (C=O) groups is 1. The number of benzene rings is 1. The van der Waals surface area contributed by atoms with Crippen molar-refractivity contribution in [3.63, 3.8) is 0 Å². The van der Waals surface area contributed by atoms with Gasteiger partial charge in [0.1, 0.15) is 5.75 Å². The number of anilines is 1. The topological polar surface area (TPSA) is 101 Å². The summed E-state index contributed by atoms with van der Waals surface area (Å²) in [5.74, 6) is -0.872. The zero-order valence-corrected chi connectivity index (χ0v) is 20.1. The van der Waals surface area contributed by atoms with Crippen molar-refractivity contribution in [2.45, 2.75) is 63.7 Å². The molecule has 0 radical (unpaired) electrons. The molecule has 0 atom stereocenters. The van der Waals surface area contributed by atoms with Gasteiger partial charge in [0, 0.05) is 50.6 Å². The molecule has 35 heavy (non-hydrogen) atoms. The first kappa shape index (κ1) is 25.3. The molecule has 10 heteroatoms. The molecule has 2 aliphatic rings. The zero-order chi connectivity index (χ0) is 24.8. The highest BCUT2D eigenvalue weighted by molar-refractivity contribution is 5.95. The van der Waals surface area contributed by atoms with E-state index in [0.717, 1.165) is 50.1 Å². The second-order valence-corrected chi connectivity index (χ2v) is 9.62. The summed E-state index contributed by atoms with van der Waals surface area (Å²) in [6.07, 6.45) is 4.16. The maximum atomic E-state index is 13.1. The number of carbonyl (C=O) groups excluding carboxylic acids is 1. The monoisotopic (exact) mass is 492 g/mol. The van der Waals surface area contributed by atoms with Gasteiger partial charge in [-0.2, -0.15) is 4.98 Å². The number of nitrogens with zero attached hydrogens (tertiary/aromatic N) is 3. The number of hydrogen-bond donors (Lipinski definition) is 2. The van der Waals surface area contributed by atoms with E-state index < -0.39 is 5.92 Å². The average Bonchev–Trinajstić information content (AvgIpc) is 3.31. The fourth-order valence-corrected chi connectivity index (χ4v) is 4.70. The van der Waals surface area contributed by atoms with Gasteiger partial charge in [-0.05, 0) is 73.9 Å². The smallest absolute Gasteiger partial charge is 0.266 e. The number of rotatable bonds is 11. The number of alkyl halides is 2. The van der Waals surface area contributed by atoms with Crippen LogP contribution in [0.15, 0.2) is 22.7 Å². The maximum absolute atomic E-state index is 13.1. The van der Waals surface area contributed by atoms with Crippen molar-refractivity contribution in [3.8, 4) is 5.75 Å². The molecule has 1 saturated heterocycles. The van der Waals surface area contributed by atoms with Gasteiger partial charge in [0.25, 0.3) is 11.9 Å². The van der Waals surface area contributed by atoms with E-state index in [9.17, 15) is 13.6 Å². The van der Waals surface area contributed by atoms with Crippen LogP contribution >= 0.6 is 0 Å². The Morgan fingerprint density at radius 3 is 2.74 bits per heavy atom. The Morgan fingerprint density at radius 2 is 2.06 bits per heavy atom. The molecule has 8 nitrogen and oxygen atoms in total. The summed E-state index contributed by atoms with van der Waals surface area (Å²) >= 11 is 0. The lowest BCUT2D eigenvalue weighted by molar-refractivity contribution is -0.0925. The molecule has 1 saturated carbocycles. The van der Waals surface area contributed by atoms with Crippen LogP contribution in [-0.2, 0) is 0 Å². The van der Waals surface area contributed by atoms with Crippen LogP contribution in [0.25, 0.3) is 0 Å². The SMILES string of the molecule is Cc1cc(OCCCC2CCN(c3noc(C4CC(F)(F)C4)n3)CC2)ccc1C(=O)NCCCO.